The van der Waals surface area contributed by atoms with Crippen LogP contribution in [0.3, 0.4) is 0 Å². The third-order valence-corrected chi connectivity index (χ3v) is 2.25. The molecule has 0 spiro atoms. The van der Waals surface area contributed by atoms with Crippen LogP contribution in [0.4, 0.5) is 8.78 Å². The molecule has 0 aliphatic rings. The molecule has 1 aromatic carbocycles. The largest absolute Gasteiger partial charge is 0.497 e. The summed E-state index contributed by atoms with van der Waals surface area (Å²) >= 11 is 0. The van der Waals surface area contributed by atoms with Gasteiger partial charge in [0.05, 0.1) is 12.7 Å². The van der Waals surface area contributed by atoms with Crippen molar-refractivity contribution in [2.45, 2.75) is 12.5 Å². The van der Waals surface area contributed by atoms with Gasteiger partial charge >= 0.3 is 5.97 Å². The molecule has 0 aliphatic heterocycles. The maximum atomic E-state index is 13.5. The van der Waals surface area contributed by atoms with Crippen molar-refractivity contribution >= 4 is 11.8 Å². The summed E-state index contributed by atoms with van der Waals surface area (Å²) in [5.74, 6) is -4.74. The summed E-state index contributed by atoms with van der Waals surface area (Å²) < 4.78 is 31.6. The van der Waals surface area contributed by atoms with Gasteiger partial charge in [0.25, 0.3) is 0 Å². The minimum absolute atomic E-state index is 0.0796. The number of carbonyl (C=O) groups is 2. The van der Waals surface area contributed by atoms with Crippen molar-refractivity contribution < 1.29 is 28.2 Å². The lowest BCUT2D eigenvalue weighted by molar-refractivity contribution is -0.138. The molecule has 0 fully saturated rings. The SMILES string of the molecule is COc1cc(F)c(C(=O)C[C@@H](N)C(=O)O)c(F)c1. The number of halogens is 2. The quantitative estimate of drug-likeness (QED) is 0.769. The molecule has 0 amide bonds. The van der Waals surface area contributed by atoms with E-state index in [4.69, 9.17) is 10.8 Å². The van der Waals surface area contributed by atoms with Crippen LogP contribution in [0, 0.1) is 11.6 Å². The smallest absolute Gasteiger partial charge is 0.320 e. The number of nitrogens with two attached hydrogens (primary N) is 1. The molecule has 0 bridgehead atoms. The van der Waals surface area contributed by atoms with Gasteiger partial charge in [0.1, 0.15) is 23.4 Å². The van der Waals surface area contributed by atoms with E-state index in [0.717, 1.165) is 12.1 Å². The normalized spacial score (nSPS) is 12.0. The zero-order chi connectivity index (χ0) is 13.9. The Morgan fingerprint density at radius 1 is 1.39 bits per heavy atom. The van der Waals surface area contributed by atoms with Crippen molar-refractivity contribution in [1.29, 1.82) is 0 Å². The van der Waals surface area contributed by atoms with Crippen molar-refractivity contribution in [3.05, 3.63) is 29.3 Å². The van der Waals surface area contributed by atoms with E-state index in [2.05, 4.69) is 4.74 Å². The maximum absolute atomic E-state index is 13.5. The molecule has 0 saturated heterocycles. The fourth-order valence-electron chi connectivity index (χ4n) is 1.32. The highest BCUT2D eigenvalue weighted by atomic mass is 19.1. The van der Waals surface area contributed by atoms with Gasteiger partial charge in [-0.2, -0.15) is 0 Å². The van der Waals surface area contributed by atoms with Crippen LogP contribution in [0.5, 0.6) is 5.75 Å². The van der Waals surface area contributed by atoms with Crippen molar-refractivity contribution in [2.75, 3.05) is 7.11 Å². The zero-order valence-electron chi connectivity index (χ0n) is 9.44. The number of hydrogen-bond donors (Lipinski definition) is 2. The van der Waals surface area contributed by atoms with E-state index in [0.29, 0.717) is 0 Å². The lowest BCUT2D eigenvalue weighted by Gasteiger charge is -2.08. The van der Waals surface area contributed by atoms with Gasteiger partial charge < -0.3 is 15.6 Å². The third kappa shape index (κ3) is 3.01. The summed E-state index contributed by atoms with van der Waals surface area (Å²) in [5, 5.41) is 8.51. The summed E-state index contributed by atoms with van der Waals surface area (Å²) in [6.07, 6.45) is -0.685. The topological polar surface area (TPSA) is 89.6 Å². The van der Waals surface area contributed by atoms with Gasteiger partial charge in [-0.3, -0.25) is 9.59 Å². The van der Waals surface area contributed by atoms with E-state index >= 15 is 0 Å². The van der Waals surface area contributed by atoms with Gasteiger partial charge in [-0.25, -0.2) is 8.78 Å². The number of carboxylic acids is 1. The molecule has 0 aliphatic carbocycles. The summed E-state index contributed by atoms with van der Waals surface area (Å²) in [6, 6.07) is 0.170. The second-order valence-corrected chi connectivity index (χ2v) is 3.54. The van der Waals surface area contributed by atoms with Gasteiger partial charge in [-0.1, -0.05) is 0 Å². The van der Waals surface area contributed by atoms with E-state index in [9.17, 15) is 18.4 Å². The first-order chi connectivity index (χ1) is 8.36. The monoisotopic (exact) mass is 259 g/mol. The number of benzene rings is 1. The number of carboxylic acid groups (broad SMARTS) is 1. The van der Waals surface area contributed by atoms with Gasteiger partial charge in [-0.15, -0.1) is 0 Å². The predicted molar refractivity (Wildman–Crippen MR) is 57.5 cm³/mol. The first-order valence-corrected chi connectivity index (χ1v) is 4.91. The van der Waals surface area contributed by atoms with E-state index in [1.54, 1.807) is 0 Å². The summed E-state index contributed by atoms with van der Waals surface area (Å²) in [7, 11) is 1.22. The molecule has 0 unspecified atom stereocenters. The van der Waals surface area contributed by atoms with Gasteiger partial charge in [0.15, 0.2) is 5.78 Å². The standard InChI is InChI=1S/C11H11F2NO4/c1-18-5-2-6(12)10(7(13)3-5)9(15)4-8(14)11(16)17/h2-3,8H,4,14H2,1H3,(H,16,17)/t8-/m1/s1. The molecule has 5 nitrogen and oxygen atoms in total. The Morgan fingerprint density at radius 3 is 2.28 bits per heavy atom. The van der Waals surface area contributed by atoms with Crippen LogP contribution in [-0.2, 0) is 4.79 Å². The number of rotatable bonds is 5. The molecule has 0 saturated carbocycles. The zero-order valence-corrected chi connectivity index (χ0v) is 9.44. The molecule has 0 radical (unpaired) electrons. The van der Waals surface area contributed by atoms with Crippen LogP contribution in [0.25, 0.3) is 0 Å². The Labute approximate surface area is 101 Å². The Hall–Kier alpha value is -2.02. The number of hydrogen-bond acceptors (Lipinski definition) is 4. The molecule has 18 heavy (non-hydrogen) atoms. The number of ether oxygens (including phenoxy) is 1. The Bertz CT molecular complexity index is 467. The molecular weight excluding hydrogens is 248 g/mol. The van der Waals surface area contributed by atoms with Crippen LogP contribution < -0.4 is 10.5 Å². The molecule has 0 aromatic heterocycles. The van der Waals surface area contributed by atoms with Crippen LogP contribution in [-0.4, -0.2) is 30.0 Å². The highest BCUT2D eigenvalue weighted by Gasteiger charge is 2.23. The van der Waals surface area contributed by atoms with Crippen molar-refractivity contribution in [3.63, 3.8) is 0 Å². The molecule has 3 N–H and O–H groups in total. The lowest BCUT2D eigenvalue weighted by atomic mass is 10.0. The average molecular weight is 259 g/mol. The number of ketones is 1. The third-order valence-electron chi connectivity index (χ3n) is 2.25. The number of carbonyl (C=O) groups excluding carboxylic acids is 1. The summed E-state index contributed by atoms with van der Waals surface area (Å²) in [6.45, 7) is 0. The number of Topliss-reactive ketones (excluding diaryl/α,β-unsaturated/α-hetero) is 1. The van der Waals surface area contributed by atoms with Crippen LogP contribution in [0.1, 0.15) is 16.8 Å². The summed E-state index contributed by atoms with van der Waals surface area (Å²) in [5.41, 5.74) is 4.31. The first-order valence-electron chi connectivity index (χ1n) is 4.91. The Kier molecular flexibility index (Phi) is 4.33. The molecular formula is C11H11F2NO4. The Balaban J connectivity index is 3.03. The fraction of sp³-hybridized carbons (Fsp3) is 0.273. The van der Waals surface area contributed by atoms with Crippen molar-refractivity contribution in [3.8, 4) is 5.75 Å². The van der Waals surface area contributed by atoms with Crippen molar-refractivity contribution in [1.82, 2.24) is 0 Å². The maximum Gasteiger partial charge on any atom is 0.320 e. The first kappa shape index (κ1) is 14.0. The minimum Gasteiger partial charge on any atom is -0.497 e. The minimum atomic E-state index is -1.50. The average Bonchev–Trinajstić information content (AvgIpc) is 2.27. The van der Waals surface area contributed by atoms with Gasteiger partial charge in [0, 0.05) is 18.6 Å². The second-order valence-electron chi connectivity index (χ2n) is 3.54. The molecule has 1 atom stereocenters. The molecule has 98 valence electrons. The van der Waals surface area contributed by atoms with Crippen LogP contribution in [0.2, 0.25) is 0 Å². The highest BCUT2D eigenvalue weighted by molar-refractivity contribution is 5.99. The van der Waals surface area contributed by atoms with Crippen LogP contribution in [0.15, 0.2) is 12.1 Å². The van der Waals surface area contributed by atoms with Gasteiger partial charge in [-0.05, 0) is 0 Å². The summed E-state index contributed by atoms with van der Waals surface area (Å²) in [4.78, 5) is 22.0. The molecule has 1 rings (SSSR count). The number of methoxy groups -OCH3 is 1. The second kappa shape index (κ2) is 5.54. The van der Waals surface area contributed by atoms with E-state index in [1.807, 2.05) is 0 Å². The van der Waals surface area contributed by atoms with Crippen LogP contribution >= 0.6 is 0 Å². The van der Waals surface area contributed by atoms with E-state index in [1.165, 1.54) is 7.11 Å². The van der Waals surface area contributed by atoms with E-state index < -0.39 is 41.4 Å². The molecule has 7 heteroatoms. The van der Waals surface area contributed by atoms with Gasteiger partial charge in [0.2, 0.25) is 0 Å². The molecule has 1 aromatic rings. The predicted octanol–water partition coefficient (Wildman–Crippen LogP) is 0.958. The number of aliphatic carboxylic acids is 1. The lowest BCUT2D eigenvalue weighted by Crippen LogP contribution is -2.33. The highest BCUT2D eigenvalue weighted by Crippen LogP contribution is 2.21. The van der Waals surface area contributed by atoms with E-state index in [-0.39, 0.29) is 5.75 Å². The molecule has 0 heterocycles. The fourth-order valence-corrected chi connectivity index (χ4v) is 1.32. The van der Waals surface area contributed by atoms with Crippen molar-refractivity contribution in [2.24, 2.45) is 5.73 Å². The Morgan fingerprint density at radius 2 is 1.89 bits per heavy atom.